The Morgan fingerprint density at radius 3 is 2.76 bits per heavy atom. The van der Waals surface area contributed by atoms with Crippen LogP contribution in [0.1, 0.15) is 10.4 Å². The summed E-state index contributed by atoms with van der Waals surface area (Å²) in [5.74, 6) is -0.172. The molecule has 152 valence electrons. The van der Waals surface area contributed by atoms with E-state index in [4.69, 9.17) is 9.15 Å². The minimum atomic E-state index is -0.478. The molecule has 0 saturated heterocycles. The average molecular weight is 400 g/mol. The van der Waals surface area contributed by atoms with E-state index in [1.807, 2.05) is 0 Å². The number of aromatic nitrogens is 4. The number of hydrogen-bond acceptors (Lipinski definition) is 7. The summed E-state index contributed by atoms with van der Waals surface area (Å²) in [6.07, 6.45) is 3.01. The number of furan rings is 1. The smallest absolute Gasteiger partial charge is 0.266 e. The molecule has 0 aliphatic heterocycles. The van der Waals surface area contributed by atoms with Gasteiger partial charge in [0.15, 0.2) is 5.76 Å². The molecule has 0 fully saturated rings. The predicted molar refractivity (Wildman–Crippen MR) is 101 cm³/mol. The van der Waals surface area contributed by atoms with E-state index in [1.54, 1.807) is 25.2 Å². The number of methoxy groups -OCH3 is 1. The topological polar surface area (TPSA) is 133 Å². The molecule has 2 N–H and O–H groups in total. The van der Waals surface area contributed by atoms with E-state index in [-0.39, 0.29) is 36.6 Å². The van der Waals surface area contributed by atoms with Gasteiger partial charge >= 0.3 is 0 Å². The fourth-order valence-corrected chi connectivity index (χ4v) is 2.56. The number of aryl methyl sites for hydroxylation is 1. The quantitative estimate of drug-likeness (QED) is 0.534. The van der Waals surface area contributed by atoms with Crippen LogP contribution in [0.15, 0.2) is 45.9 Å². The van der Waals surface area contributed by atoms with Crippen molar-refractivity contribution in [3.63, 3.8) is 0 Å². The maximum atomic E-state index is 12.1. The van der Waals surface area contributed by atoms with Crippen molar-refractivity contribution in [2.24, 2.45) is 7.05 Å². The van der Waals surface area contributed by atoms with Gasteiger partial charge in [0.1, 0.15) is 11.3 Å². The summed E-state index contributed by atoms with van der Waals surface area (Å²) in [6, 6.07) is 6.41. The normalized spacial score (nSPS) is 10.6. The molecule has 2 amide bonds. The molecule has 0 radical (unpaired) electrons. The van der Waals surface area contributed by atoms with Gasteiger partial charge in [0.2, 0.25) is 11.8 Å². The van der Waals surface area contributed by atoms with Crippen LogP contribution in [-0.4, -0.2) is 51.6 Å². The Balaban J connectivity index is 1.49. The van der Waals surface area contributed by atoms with Gasteiger partial charge in [0.05, 0.1) is 26.5 Å². The van der Waals surface area contributed by atoms with E-state index in [1.165, 1.54) is 35.0 Å². The molecule has 3 aromatic rings. The molecule has 11 heteroatoms. The molecule has 0 aliphatic carbocycles. The van der Waals surface area contributed by atoms with Crippen LogP contribution in [0.25, 0.3) is 11.5 Å². The zero-order chi connectivity index (χ0) is 20.8. The highest BCUT2D eigenvalue weighted by Gasteiger charge is 2.16. The first-order chi connectivity index (χ1) is 14.0. The highest BCUT2D eigenvalue weighted by atomic mass is 16.5. The number of nitrogens with one attached hydrogen (secondary N) is 2. The van der Waals surface area contributed by atoms with Crippen molar-refractivity contribution in [1.82, 2.24) is 30.2 Å². The molecular weight excluding hydrogens is 380 g/mol. The van der Waals surface area contributed by atoms with Gasteiger partial charge in [-0.1, -0.05) is 0 Å². The molecular formula is C18H20N6O5. The molecule has 3 aromatic heterocycles. The van der Waals surface area contributed by atoms with E-state index < -0.39 is 11.8 Å². The lowest BCUT2D eigenvalue weighted by Gasteiger charge is -2.08. The van der Waals surface area contributed by atoms with Gasteiger partial charge in [-0.15, -0.1) is 5.10 Å². The fourth-order valence-electron chi connectivity index (χ4n) is 2.56. The monoisotopic (exact) mass is 400 g/mol. The van der Waals surface area contributed by atoms with E-state index in [9.17, 15) is 14.4 Å². The molecule has 3 rings (SSSR count). The highest BCUT2D eigenvalue weighted by molar-refractivity contribution is 5.98. The lowest BCUT2D eigenvalue weighted by molar-refractivity contribution is -0.120. The lowest BCUT2D eigenvalue weighted by Crippen LogP contribution is -2.39. The van der Waals surface area contributed by atoms with Crippen LogP contribution in [-0.2, 0) is 18.4 Å². The first kappa shape index (κ1) is 19.9. The van der Waals surface area contributed by atoms with Gasteiger partial charge in [-0.05, 0) is 18.2 Å². The summed E-state index contributed by atoms with van der Waals surface area (Å²) in [6.45, 7) is 0.106. The minimum Gasteiger partial charge on any atom is -0.479 e. The van der Waals surface area contributed by atoms with Gasteiger partial charge in [0, 0.05) is 25.9 Å². The summed E-state index contributed by atoms with van der Waals surface area (Å²) >= 11 is 0. The van der Waals surface area contributed by atoms with Crippen molar-refractivity contribution in [1.29, 1.82) is 0 Å². The average Bonchev–Trinajstić information content (AvgIpc) is 3.37. The van der Waals surface area contributed by atoms with Gasteiger partial charge in [-0.3, -0.25) is 19.1 Å². The Bertz CT molecular complexity index is 1050. The maximum Gasteiger partial charge on any atom is 0.266 e. The molecule has 3 heterocycles. The number of carbonyl (C=O) groups excluding carboxylic acids is 2. The van der Waals surface area contributed by atoms with Crippen LogP contribution in [0.5, 0.6) is 5.88 Å². The third-order valence-corrected chi connectivity index (χ3v) is 3.93. The number of carbonyl (C=O) groups is 2. The summed E-state index contributed by atoms with van der Waals surface area (Å²) in [5, 5.41) is 13.3. The van der Waals surface area contributed by atoms with Crippen LogP contribution >= 0.6 is 0 Å². The molecule has 0 bridgehead atoms. The maximum absolute atomic E-state index is 12.1. The minimum absolute atomic E-state index is 0.166. The molecule has 11 nitrogen and oxygen atoms in total. The van der Waals surface area contributed by atoms with Crippen LogP contribution in [0.2, 0.25) is 0 Å². The molecule has 0 saturated carbocycles. The van der Waals surface area contributed by atoms with E-state index in [0.717, 1.165) is 0 Å². The molecule has 0 aliphatic rings. The predicted octanol–water partition coefficient (Wildman–Crippen LogP) is -0.208. The Labute approximate surface area is 165 Å². The van der Waals surface area contributed by atoms with Gasteiger partial charge < -0.3 is 19.8 Å². The van der Waals surface area contributed by atoms with Crippen LogP contribution in [0.3, 0.4) is 0 Å². The molecule has 0 atom stereocenters. The van der Waals surface area contributed by atoms with Crippen molar-refractivity contribution in [3.05, 3.63) is 52.6 Å². The number of rotatable bonds is 8. The number of hydrogen-bond donors (Lipinski definition) is 2. The summed E-state index contributed by atoms with van der Waals surface area (Å²) in [4.78, 5) is 36.0. The van der Waals surface area contributed by atoms with Crippen LogP contribution in [0.4, 0.5) is 0 Å². The third-order valence-electron chi connectivity index (χ3n) is 3.93. The SMILES string of the molecule is COc1nn(C)cc1C(=O)NCC(=O)NCCn1nc(-c2ccco2)ccc1=O. The van der Waals surface area contributed by atoms with E-state index in [0.29, 0.717) is 11.5 Å². The van der Waals surface area contributed by atoms with Gasteiger partial charge in [0.25, 0.3) is 11.5 Å². The largest absolute Gasteiger partial charge is 0.479 e. The van der Waals surface area contributed by atoms with Crippen LogP contribution < -0.4 is 20.9 Å². The number of ether oxygens (including phenoxy) is 1. The third kappa shape index (κ3) is 4.89. The molecule has 0 spiro atoms. The fraction of sp³-hybridized carbons (Fsp3) is 0.278. The van der Waals surface area contributed by atoms with E-state index >= 15 is 0 Å². The Morgan fingerprint density at radius 1 is 1.21 bits per heavy atom. The second-order valence-electron chi connectivity index (χ2n) is 6.02. The van der Waals surface area contributed by atoms with Crippen molar-refractivity contribution in [2.45, 2.75) is 6.54 Å². The zero-order valence-electron chi connectivity index (χ0n) is 15.9. The Kier molecular flexibility index (Phi) is 6.07. The first-order valence-electron chi connectivity index (χ1n) is 8.72. The summed E-state index contributed by atoms with van der Waals surface area (Å²) in [7, 11) is 3.06. The molecule has 0 aromatic carbocycles. The number of amides is 2. The number of nitrogens with zero attached hydrogens (tertiary/aromatic N) is 4. The van der Waals surface area contributed by atoms with Crippen molar-refractivity contribution in [3.8, 4) is 17.3 Å². The van der Waals surface area contributed by atoms with Crippen molar-refractivity contribution >= 4 is 11.8 Å². The second kappa shape index (κ2) is 8.87. The van der Waals surface area contributed by atoms with Gasteiger partial charge in [-0.25, -0.2) is 4.68 Å². The second-order valence-corrected chi connectivity index (χ2v) is 6.02. The van der Waals surface area contributed by atoms with Crippen molar-refractivity contribution in [2.75, 3.05) is 20.2 Å². The first-order valence-corrected chi connectivity index (χ1v) is 8.72. The van der Waals surface area contributed by atoms with E-state index in [2.05, 4.69) is 20.8 Å². The van der Waals surface area contributed by atoms with Gasteiger partial charge in [-0.2, -0.15) is 5.10 Å². The highest BCUT2D eigenvalue weighted by Crippen LogP contribution is 2.15. The molecule has 0 unspecified atom stereocenters. The van der Waals surface area contributed by atoms with Crippen LogP contribution in [0, 0.1) is 0 Å². The Morgan fingerprint density at radius 2 is 2.03 bits per heavy atom. The Hall–Kier alpha value is -3.89. The zero-order valence-corrected chi connectivity index (χ0v) is 15.9. The summed E-state index contributed by atoms with van der Waals surface area (Å²) in [5.41, 5.74) is 0.443. The standard InChI is InChI=1S/C18H20N6O5/c1-23-11-12(18(22-23)28-2)17(27)20-10-15(25)19-7-8-24-16(26)6-5-13(21-24)14-4-3-9-29-14/h3-6,9,11H,7-8,10H2,1-2H3,(H,19,25)(H,20,27). The summed E-state index contributed by atoms with van der Waals surface area (Å²) < 4.78 is 13.0. The molecule has 29 heavy (non-hydrogen) atoms. The van der Waals surface area contributed by atoms with Crippen molar-refractivity contribution < 1.29 is 18.7 Å². The lowest BCUT2D eigenvalue weighted by atomic mass is 10.3.